The Morgan fingerprint density at radius 3 is 2.23 bits per heavy atom. The quantitative estimate of drug-likeness (QED) is 0.753. The third kappa shape index (κ3) is 7.91. The molecule has 1 heterocycles. The van der Waals surface area contributed by atoms with Gasteiger partial charge in [0.2, 0.25) is 0 Å². The van der Waals surface area contributed by atoms with Crippen LogP contribution < -0.4 is 0 Å². The maximum Gasteiger partial charge on any atom is 0.0692 e. The van der Waals surface area contributed by atoms with Crippen molar-refractivity contribution in [2.75, 3.05) is 40.0 Å². The first kappa shape index (κ1) is 19.9. The van der Waals surface area contributed by atoms with Crippen LogP contribution in [0.2, 0.25) is 0 Å². The van der Waals surface area contributed by atoms with Crippen molar-refractivity contribution < 1.29 is 14.2 Å². The van der Waals surface area contributed by atoms with Crippen LogP contribution in [-0.4, -0.2) is 62.2 Å². The molecule has 22 heavy (non-hydrogen) atoms. The zero-order chi connectivity index (χ0) is 17.0. The first-order valence-electron chi connectivity index (χ1n) is 8.56. The van der Waals surface area contributed by atoms with E-state index in [0.29, 0.717) is 11.8 Å². The summed E-state index contributed by atoms with van der Waals surface area (Å²) in [6, 6.07) is 0. The molecule has 4 heteroatoms. The van der Waals surface area contributed by atoms with Gasteiger partial charge in [-0.2, -0.15) is 0 Å². The van der Waals surface area contributed by atoms with E-state index in [0.717, 1.165) is 32.9 Å². The Labute approximate surface area is 137 Å². The van der Waals surface area contributed by atoms with E-state index in [4.69, 9.17) is 14.2 Å². The van der Waals surface area contributed by atoms with E-state index in [1.807, 2.05) is 0 Å². The molecular weight excluding hydrogens is 278 g/mol. The molecular formula is C18H37NO3. The van der Waals surface area contributed by atoms with E-state index < -0.39 is 0 Å². The summed E-state index contributed by atoms with van der Waals surface area (Å²) in [4.78, 5) is 2.33. The standard InChI is InChI=1S/C18H37NO3/c1-14-12-20-13-15(16(14)22-18(5,6)7)11-19(8)9-10-21-17(2,3)4/h14-16H,9-13H2,1-8H3. The van der Waals surface area contributed by atoms with Gasteiger partial charge in [0.15, 0.2) is 0 Å². The topological polar surface area (TPSA) is 30.9 Å². The molecule has 1 saturated heterocycles. The van der Waals surface area contributed by atoms with Gasteiger partial charge >= 0.3 is 0 Å². The molecule has 0 amide bonds. The molecule has 0 bridgehead atoms. The van der Waals surface area contributed by atoms with Gasteiger partial charge in [0, 0.05) is 24.9 Å². The highest BCUT2D eigenvalue weighted by Gasteiger charge is 2.35. The Morgan fingerprint density at radius 1 is 1.05 bits per heavy atom. The van der Waals surface area contributed by atoms with Gasteiger partial charge in [-0.15, -0.1) is 0 Å². The van der Waals surface area contributed by atoms with Crippen molar-refractivity contribution in [1.29, 1.82) is 0 Å². The Bertz CT molecular complexity index is 319. The van der Waals surface area contributed by atoms with Gasteiger partial charge in [-0.25, -0.2) is 0 Å². The van der Waals surface area contributed by atoms with Crippen LogP contribution in [0.1, 0.15) is 48.5 Å². The zero-order valence-electron chi connectivity index (χ0n) is 15.9. The molecule has 0 aromatic carbocycles. The molecule has 0 aliphatic carbocycles. The Balaban J connectivity index is 2.49. The van der Waals surface area contributed by atoms with Crippen molar-refractivity contribution in [3.05, 3.63) is 0 Å². The highest BCUT2D eigenvalue weighted by molar-refractivity contribution is 4.83. The van der Waals surface area contributed by atoms with Crippen molar-refractivity contribution in [3.8, 4) is 0 Å². The molecule has 0 saturated carbocycles. The predicted octanol–water partition coefficient (Wildman–Crippen LogP) is 3.20. The van der Waals surface area contributed by atoms with E-state index in [9.17, 15) is 0 Å². The van der Waals surface area contributed by atoms with Gasteiger partial charge in [0.25, 0.3) is 0 Å². The summed E-state index contributed by atoms with van der Waals surface area (Å²) >= 11 is 0. The molecule has 3 unspecified atom stereocenters. The molecule has 0 N–H and O–H groups in total. The minimum atomic E-state index is -0.109. The predicted molar refractivity (Wildman–Crippen MR) is 91.3 cm³/mol. The lowest BCUT2D eigenvalue weighted by molar-refractivity contribution is -0.161. The van der Waals surface area contributed by atoms with E-state index in [1.165, 1.54) is 0 Å². The lowest BCUT2D eigenvalue weighted by Gasteiger charge is -2.41. The van der Waals surface area contributed by atoms with Crippen LogP contribution in [0, 0.1) is 11.8 Å². The molecule has 0 aromatic rings. The number of hydrogen-bond donors (Lipinski definition) is 0. The second kappa shape index (κ2) is 8.09. The van der Waals surface area contributed by atoms with Gasteiger partial charge in [0.1, 0.15) is 0 Å². The summed E-state index contributed by atoms with van der Waals surface area (Å²) in [7, 11) is 2.15. The van der Waals surface area contributed by atoms with Gasteiger partial charge < -0.3 is 19.1 Å². The van der Waals surface area contributed by atoms with Crippen molar-refractivity contribution in [2.45, 2.75) is 65.8 Å². The van der Waals surface area contributed by atoms with Crippen LogP contribution in [0.15, 0.2) is 0 Å². The second-order valence-electron chi connectivity index (χ2n) is 8.69. The van der Waals surface area contributed by atoms with Crippen LogP contribution in [0.25, 0.3) is 0 Å². The van der Waals surface area contributed by atoms with Crippen LogP contribution >= 0.6 is 0 Å². The van der Waals surface area contributed by atoms with Crippen molar-refractivity contribution in [3.63, 3.8) is 0 Å². The van der Waals surface area contributed by atoms with Crippen LogP contribution in [0.4, 0.5) is 0 Å². The number of ether oxygens (including phenoxy) is 3. The van der Waals surface area contributed by atoms with E-state index in [2.05, 4.69) is 60.4 Å². The maximum absolute atomic E-state index is 6.33. The maximum atomic E-state index is 6.33. The van der Waals surface area contributed by atoms with E-state index >= 15 is 0 Å². The highest BCUT2D eigenvalue weighted by atomic mass is 16.5. The summed E-state index contributed by atoms with van der Waals surface area (Å²) in [6.45, 7) is 19.2. The van der Waals surface area contributed by atoms with Crippen LogP contribution in [0.3, 0.4) is 0 Å². The van der Waals surface area contributed by atoms with Gasteiger partial charge in [-0.05, 0) is 48.6 Å². The molecule has 1 rings (SSSR count). The Hall–Kier alpha value is -0.160. The smallest absolute Gasteiger partial charge is 0.0692 e. The van der Waals surface area contributed by atoms with Gasteiger partial charge in [-0.3, -0.25) is 0 Å². The minimum absolute atomic E-state index is 0.0683. The van der Waals surface area contributed by atoms with E-state index in [1.54, 1.807) is 0 Å². The summed E-state index contributed by atoms with van der Waals surface area (Å²) < 4.78 is 17.9. The molecule has 3 atom stereocenters. The largest absolute Gasteiger partial charge is 0.381 e. The number of rotatable bonds is 6. The number of nitrogens with zero attached hydrogens (tertiary/aromatic N) is 1. The average Bonchev–Trinajstić information content (AvgIpc) is 2.30. The third-order valence-corrected chi connectivity index (χ3v) is 3.78. The molecule has 1 aliphatic rings. The monoisotopic (exact) mass is 315 g/mol. The summed E-state index contributed by atoms with van der Waals surface area (Å²) in [5.41, 5.74) is -0.177. The lowest BCUT2D eigenvalue weighted by Crippen LogP contribution is -2.48. The fourth-order valence-electron chi connectivity index (χ4n) is 2.84. The Morgan fingerprint density at radius 2 is 1.68 bits per heavy atom. The normalized spacial score (nSPS) is 27.4. The minimum Gasteiger partial charge on any atom is -0.381 e. The van der Waals surface area contributed by atoms with Gasteiger partial charge in [0.05, 0.1) is 37.1 Å². The second-order valence-corrected chi connectivity index (χ2v) is 8.69. The SMILES string of the molecule is CC1COCC(CN(C)CCOC(C)(C)C)C1OC(C)(C)C. The average molecular weight is 315 g/mol. The number of likely N-dealkylation sites (N-methyl/N-ethyl adjacent to an activating group) is 1. The number of hydrogen-bond acceptors (Lipinski definition) is 4. The third-order valence-electron chi connectivity index (χ3n) is 3.78. The van der Waals surface area contributed by atoms with Crippen molar-refractivity contribution >= 4 is 0 Å². The molecule has 4 nitrogen and oxygen atoms in total. The molecule has 1 fully saturated rings. The fraction of sp³-hybridized carbons (Fsp3) is 1.00. The first-order valence-corrected chi connectivity index (χ1v) is 8.56. The molecule has 1 aliphatic heterocycles. The van der Waals surface area contributed by atoms with Crippen molar-refractivity contribution in [1.82, 2.24) is 4.90 Å². The van der Waals surface area contributed by atoms with Crippen LogP contribution in [0.5, 0.6) is 0 Å². The highest BCUT2D eigenvalue weighted by Crippen LogP contribution is 2.28. The fourth-order valence-corrected chi connectivity index (χ4v) is 2.84. The molecule has 0 spiro atoms. The molecule has 0 radical (unpaired) electrons. The first-order chi connectivity index (χ1) is 9.98. The molecule has 0 aromatic heterocycles. The lowest BCUT2D eigenvalue weighted by atomic mass is 9.89. The Kier molecular flexibility index (Phi) is 7.31. The van der Waals surface area contributed by atoms with E-state index in [-0.39, 0.29) is 17.3 Å². The molecule has 132 valence electrons. The van der Waals surface area contributed by atoms with Gasteiger partial charge in [-0.1, -0.05) is 6.92 Å². The van der Waals surface area contributed by atoms with Crippen LogP contribution in [-0.2, 0) is 14.2 Å². The van der Waals surface area contributed by atoms with Crippen molar-refractivity contribution in [2.24, 2.45) is 11.8 Å². The summed E-state index contributed by atoms with van der Waals surface area (Å²) in [6.07, 6.45) is 0.264. The summed E-state index contributed by atoms with van der Waals surface area (Å²) in [5, 5.41) is 0. The summed E-state index contributed by atoms with van der Waals surface area (Å²) in [5.74, 6) is 0.861. The zero-order valence-corrected chi connectivity index (χ0v) is 15.9.